The molecule has 128 valence electrons. The Morgan fingerprint density at radius 2 is 1.79 bits per heavy atom. The van der Waals surface area contributed by atoms with Crippen molar-refractivity contribution in [1.29, 1.82) is 0 Å². The second-order valence-corrected chi connectivity index (χ2v) is 5.62. The van der Waals surface area contributed by atoms with Gasteiger partial charge >= 0.3 is 0 Å². The summed E-state index contributed by atoms with van der Waals surface area (Å²) >= 11 is 0. The van der Waals surface area contributed by atoms with Crippen LogP contribution in [0.15, 0.2) is 42.5 Å². The highest BCUT2D eigenvalue weighted by Gasteiger charge is 2.21. The van der Waals surface area contributed by atoms with Gasteiger partial charge in [-0.3, -0.25) is 4.79 Å². The van der Waals surface area contributed by atoms with E-state index in [-0.39, 0.29) is 5.91 Å². The molecule has 0 fully saturated rings. The van der Waals surface area contributed by atoms with E-state index in [1.165, 1.54) is 0 Å². The van der Waals surface area contributed by atoms with Gasteiger partial charge in [0.1, 0.15) is 0 Å². The quantitative estimate of drug-likeness (QED) is 0.822. The maximum atomic E-state index is 12.7. The number of carbonyl (C=O) groups is 1. The molecule has 2 aromatic rings. The molecule has 2 aromatic carbocycles. The highest BCUT2D eigenvalue weighted by molar-refractivity contribution is 5.95. The molecule has 1 atom stereocenters. The van der Waals surface area contributed by atoms with E-state index < -0.39 is 6.10 Å². The number of hydrogen-bond acceptors (Lipinski definition) is 3. The van der Waals surface area contributed by atoms with Crippen molar-refractivity contribution in [3.8, 4) is 11.5 Å². The van der Waals surface area contributed by atoms with Crippen molar-refractivity contribution in [3.05, 3.63) is 53.6 Å². The maximum Gasteiger partial charge on any atom is 0.265 e. The Kier molecular flexibility index (Phi) is 6.24. The number of anilines is 1. The predicted octanol–water partition coefficient (Wildman–Crippen LogP) is 4.36. The third-order valence-electron chi connectivity index (χ3n) is 3.99. The van der Waals surface area contributed by atoms with Crippen molar-refractivity contribution in [3.63, 3.8) is 0 Å². The van der Waals surface area contributed by atoms with Gasteiger partial charge < -0.3 is 14.8 Å². The summed E-state index contributed by atoms with van der Waals surface area (Å²) in [6, 6.07) is 13.4. The molecule has 1 amide bonds. The molecular weight excluding hydrogens is 302 g/mol. The number of rotatable bonds is 7. The molecule has 0 heterocycles. The summed E-state index contributed by atoms with van der Waals surface area (Å²) < 4.78 is 11.2. The molecule has 0 bridgehead atoms. The minimum atomic E-state index is -0.578. The summed E-state index contributed by atoms with van der Waals surface area (Å²) in [5.41, 5.74) is 3.05. The van der Waals surface area contributed by atoms with E-state index in [1.807, 2.05) is 50.2 Å². The molecule has 4 nitrogen and oxygen atoms in total. The van der Waals surface area contributed by atoms with Crippen LogP contribution < -0.4 is 14.8 Å². The Labute approximate surface area is 143 Å². The van der Waals surface area contributed by atoms with Crippen LogP contribution in [0.3, 0.4) is 0 Å². The first-order valence-electron chi connectivity index (χ1n) is 8.29. The van der Waals surface area contributed by atoms with E-state index in [4.69, 9.17) is 9.47 Å². The lowest BCUT2D eigenvalue weighted by Crippen LogP contribution is -2.33. The molecule has 0 radical (unpaired) electrons. The zero-order chi connectivity index (χ0) is 17.5. The Morgan fingerprint density at radius 3 is 2.42 bits per heavy atom. The SMILES string of the molecule is CCc1cccc(C)c1NC(=O)[C@H](CC)Oc1ccccc1OC. The molecule has 0 aromatic heterocycles. The van der Waals surface area contributed by atoms with Crippen molar-refractivity contribution < 1.29 is 14.3 Å². The molecule has 0 aliphatic heterocycles. The lowest BCUT2D eigenvalue weighted by atomic mass is 10.1. The summed E-state index contributed by atoms with van der Waals surface area (Å²) in [7, 11) is 1.59. The average molecular weight is 327 g/mol. The van der Waals surface area contributed by atoms with Crippen molar-refractivity contribution in [1.82, 2.24) is 0 Å². The lowest BCUT2D eigenvalue weighted by Gasteiger charge is -2.20. The van der Waals surface area contributed by atoms with Crippen LogP contribution in [0.25, 0.3) is 0 Å². The summed E-state index contributed by atoms with van der Waals surface area (Å²) in [6.07, 6.45) is 0.851. The summed E-state index contributed by atoms with van der Waals surface area (Å²) in [5.74, 6) is 1.05. The number of nitrogens with one attached hydrogen (secondary N) is 1. The van der Waals surface area contributed by atoms with Crippen LogP contribution in [0, 0.1) is 6.92 Å². The van der Waals surface area contributed by atoms with Crippen LogP contribution in [0.1, 0.15) is 31.4 Å². The van der Waals surface area contributed by atoms with Gasteiger partial charge in [-0.1, -0.05) is 44.2 Å². The molecule has 24 heavy (non-hydrogen) atoms. The van der Waals surface area contributed by atoms with Crippen LogP contribution in [0.5, 0.6) is 11.5 Å². The molecule has 1 N–H and O–H groups in total. The largest absolute Gasteiger partial charge is 0.493 e. The maximum absolute atomic E-state index is 12.7. The normalized spacial score (nSPS) is 11.7. The van der Waals surface area contributed by atoms with Crippen molar-refractivity contribution in [2.45, 2.75) is 39.7 Å². The highest BCUT2D eigenvalue weighted by atomic mass is 16.5. The third-order valence-corrected chi connectivity index (χ3v) is 3.99. The third kappa shape index (κ3) is 4.07. The second kappa shape index (κ2) is 8.39. The van der Waals surface area contributed by atoms with Crippen LogP contribution in [-0.4, -0.2) is 19.1 Å². The molecule has 0 aliphatic carbocycles. The fourth-order valence-electron chi connectivity index (χ4n) is 2.60. The Balaban J connectivity index is 2.18. The van der Waals surface area contributed by atoms with E-state index in [9.17, 15) is 4.79 Å². The summed E-state index contributed by atoms with van der Waals surface area (Å²) in [5, 5.41) is 3.03. The molecule has 0 saturated carbocycles. The number of hydrogen-bond donors (Lipinski definition) is 1. The number of benzene rings is 2. The topological polar surface area (TPSA) is 47.6 Å². The smallest absolute Gasteiger partial charge is 0.265 e. The number of para-hydroxylation sites is 3. The Bertz CT molecular complexity index is 697. The number of methoxy groups -OCH3 is 1. The van der Waals surface area contributed by atoms with Crippen LogP contribution in [0.2, 0.25) is 0 Å². The van der Waals surface area contributed by atoms with E-state index >= 15 is 0 Å². The van der Waals surface area contributed by atoms with E-state index in [0.717, 1.165) is 23.2 Å². The van der Waals surface area contributed by atoms with Gasteiger partial charge in [0.05, 0.1) is 7.11 Å². The van der Waals surface area contributed by atoms with Gasteiger partial charge in [-0.25, -0.2) is 0 Å². The van der Waals surface area contributed by atoms with Gasteiger partial charge in [-0.2, -0.15) is 0 Å². The van der Waals surface area contributed by atoms with Gasteiger partial charge in [0.15, 0.2) is 17.6 Å². The van der Waals surface area contributed by atoms with Gasteiger partial charge in [0.2, 0.25) is 0 Å². The molecule has 0 aliphatic rings. The first-order valence-corrected chi connectivity index (χ1v) is 8.29. The van der Waals surface area contributed by atoms with Crippen LogP contribution in [0.4, 0.5) is 5.69 Å². The number of ether oxygens (including phenoxy) is 2. The van der Waals surface area contributed by atoms with E-state index in [0.29, 0.717) is 17.9 Å². The van der Waals surface area contributed by atoms with Gasteiger partial charge in [0, 0.05) is 5.69 Å². The molecular formula is C20H25NO3. The number of amides is 1. The second-order valence-electron chi connectivity index (χ2n) is 5.62. The molecule has 2 rings (SSSR count). The zero-order valence-electron chi connectivity index (χ0n) is 14.8. The Morgan fingerprint density at radius 1 is 1.08 bits per heavy atom. The first kappa shape index (κ1) is 17.9. The number of aryl methyl sites for hydroxylation is 2. The van der Waals surface area contributed by atoms with Gasteiger partial charge in [-0.15, -0.1) is 0 Å². The summed E-state index contributed by atoms with van der Waals surface area (Å²) in [6.45, 7) is 6.00. The van der Waals surface area contributed by atoms with Crippen molar-refractivity contribution in [2.24, 2.45) is 0 Å². The minimum absolute atomic E-state index is 0.146. The van der Waals surface area contributed by atoms with Gasteiger partial charge in [-0.05, 0) is 43.0 Å². The van der Waals surface area contributed by atoms with Crippen LogP contribution in [-0.2, 0) is 11.2 Å². The predicted molar refractivity (Wildman–Crippen MR) is 96.9 cm³/mol. The monoisotopic (exact) mass is 327 g/mol. The standard InChI is InChI=1S/C20H25NO3/c1-5-15-11-9-10-14(3)19(15)21-20(22)16(6-2)24-18-13-8-7-12-17(18)23-4/h7-13,16H,5-6H2,1-4H3,(H,21,22)/t16-/m0/s1. The number of carbonyl (C=O) groups excluding carboxylic acids is 1. The van der Waals surface area contributed by atoms with Crippen molar-refractivity contribution >= 4 is 11.6 Å². The van der Waals surface area contributed by atoms with Gasteiger partial charge in [0.25, 0.3) is 5.91 Å². The lowest BCUT2D eigenvalue weighted by molar-refractivity contribution is -0.122. The summed E-state index contributed by atoms with van der Waals surface area (Å²) in [4.78, 5) is 12.7. The molecule has 0 saturated heterocycles. The zero-order valence-corrected chi connectivity index (χ0v) is 14.8. The fraction of sp³-hybridized carbons (Fsp3) is 0.350. The molecule has 0 unspecified atom stereocenters. The van der Waals surface area contributed by atoms with E-state index in [2.05, 4.69) is 12.2 Å². The minimum Gasteiger partial charge on any atom is -0.493 e. The van der Waals surface area contributed by atoms with Crippen LogP contribution >= 0.6 is 0 Å². The molecule has 4 heteroatoms. The first-order chi connectivity index (χ1) is 11.6. The van der Waals surface area contributed by atoms with Crippen molar-refractivity contribution in [2.75, 3.05) is 12.4 Å². The van der Waals surface area contributed by atoms with E-state index in [1.54, 1.807) is 13.2 Å². The highest BCUT2D eigenvalue weighted by Crippen LogP contribution is 2.28. The average Bonchev–Trinajstić information content (AvgIpc) is 2.61. The Hall–Kier alpha value is -2.49. The fourth-order valence-corrected chi connectivity index (χ4v) is 2.60. The molecule has 0 spiro atoms.